The van der Waals surface area contributed by atoms with Gasteiger partial charge in [-0.2, -0.15) is 0 Å². The fourth-order valence-corrected chi connectivity index (χ4v) is 3.05. The summed E-state index contributed by atoms with van der Waals surface area (Å²) in [5.74, 6) is 1.64. The second-order valence-corrected chi connectivity index (χ2v) is 7.03. The summed E-state index contributed by atoms with van der Waals surface area (Å²) < 4.78 is 16.0. The van der Waals surface area contributed by atoms with E-state index in [1.807, 2.05) is 18.0 Å². The van der Waals surface area contributed by atoms with Gasteiger partial charge in [0.05, 0.1) is 37.9 Å². The van der Waals surface area contributed by atoms with Crippen molar-refractivity contribution in [2.75, 3.05) is 34.9 Å². The van der Waals surface area contributed by atoms with Crippen LogP contribution in [-0.4, -0.2) is 45.7 Å². The molecule has 0 fully saturated rings. The Morgan fingerprint density at radius 1 is 0.964 bits per heavy atom. The molecule has 1 amide bonds. The lowest BCUT2D eigenvalue weighted by molar-refractivity contribution is -0.122. The number of nitrogens with zero attached hydrogens (tertiary/aromatic N) is 1. The van der Waals surface area contributed by atoms with Gasteiger partial charge in [0.15, 0.2) is 11.5 Å². The van der Waals surface area contributed by atoms with Crippen molar-refractivity contribution in [3.8, 4) is 17.2 Å². The van der Waals surface area contributed by atoms with Gasteiger partial charge in [0, 0.05) is 24.7 Å². The number of hydrogen-bond acceptors (Lipinski definition) is 5. The number of benzene rings is 2. The molecule has 8 heteroatoms. The normalized spacial score (nSPS) is 10.7. The average Bonchev–Trinajstić information content (AvgIpc) is 2.68. The van der Waals surface area contributed by atoms with Crippen molar-refractivity contribution in [3.05, 3.63) is 51.5 Å². The van der Waals surface area contributed by atoms with Crippen molar-refractivity contribution >= 4 is 29.1 Å². The Balaban J connectivity index is 1.95. The molecule has 0 aliphatic rings. The van der Waals surface area contributed by atoms with Crippen LogP contribution in [0.3, 0.4) is 0 Å². The van der Waals surface area contributed by atoms with Crippen LogP contribution in [-0.2, 0) is 17.9 Å². The van der Waals surface area contributed by atoms with Crippen molar-refractivity contribution < 1.29 is 19.0 Å². The van der Waals surface area contributed by atoms with E-state index in [0.29, 0.717) is 40.4 Å². The maximum atomic E-state index is 12.3. The smallest absolute Gasteiger partial charge is 0.234 e. The first kappa shape index (κ1) is 22.1. The van der Waals surface area contributed by atoms with Crippen LogP contribution in [0.2, 0.25) is 10.0 Å². The minimum atomic E-state index is -0.112. The first-order valence-electron chi connectivity index (χ1n) is 8.56. The van der Waals surface area contributed by atoms with E-state index in [1.165, 1.54) is 0 Å². The van der Waals surface area contributed by atoms with E-state index < -0.39 is 0 Å². The zero-order valence-corrected chi connectivity index (χ0v) is 17.9. The zero-order valence-electron chi connectivity index (χ0n) is 16.3. The van der Waals surface area contributed by atoms with E-state index in [2.05, 4.69) is 5.32 Å². The van der Waals surface area contributed by atoms with E-state index in [0.717, 1.165) is 11.1 Å². The minimum Gasteiger partial charge on any atom is -0.496 e. The predicted molar refractivity (Wildman–Crippen MR) is 111 cm³/mol. The summed E-state index contributed by atoms with van der Waals surface area (Å²) >= 11 is 12.0. The van der Waals surface area contributed by atoms with Gasteiger partial charge in [0.2, 0.25) is 5.91 Å². The number of nitrogens with one attached hydrogen (secondary N) is 1. The summed E-state index contributed by atoms with van der Waals surface area (Å²) in [7, 11) is 6.55. The van der Waals surface area contributed by atoms with Gasteiger partial charge in [-0.25, -0.2) is 0 Å². The van der Waals surface area contributed by atoms with Crippen LogP contribution in [0.15, 0.2) is 30.3 Å². The molecular formula is C20H24Cl2N2O4. The van der Waals surface area contributed by atoms with Crippen LogP contribution < -0.4 is 19.5 Å². The Morgan fingerprint density at radius 3 is 2.21 bits per heavy atom. The third-order valence-electron chi connectivity index (χ3n) is 4.11. The molecule has 1 N–H and O–H groups in total. The third kappa shape index (κ3) is 5.92. The second kappa shape index (κ2) is 10.4. The third-order valence-corrected chi connectivity index (χ3v) is 4.85. The molecule has 0 atom stereocenters. The first-order chi connectivity index (χ1) is 13.4. The number of methoxy groups -OCH3 is 3. The molecule has 2 aromatic carbocycles. The molecule has 0 unspecified atom stereocenters. The summed E-state index contributed by atoms with van der Waals surface area (Å²) in [6.45, 7) is 1.11. The quantitative estimate of drug-likeness (QED) is 0.661. The number of amides is 1. The Bertz CT molecular complexity index is 830. The van der Waals surface area contributed by atoms with Crippen molar-refractivity contribution in [2.45, 2.75) is 13.1 Å². The zero-order chi connectivity index (χ0) is 20.7. The standard InChI is InChI=1S/C20H24Cl2N2O4/c1-24(11-13-5-6-15(21)16(22)7-13)12-20(25)23-10-14-8-18(27-3)19(28-4)9-17(14)26-2/h5-9H,10-12H2,1-4H3,(H,23,25). The van der Waals surface area contributed by atoms with Crippen molar-refractivity contribution in [1.82, 2.24) is 10.2 Å². The first-order valence-corrected chi connectivity index (χ1v) is 9.31. The Morgan fingerprint density at radius 2 is 1.61 bits per heavy atom. The van der Waals surface area contributed by atoms with Gasteiger partial charge in [-0.3, -0.25) is 9.69 Å². The summed E-state index contributed by atoms with van der Waals surface area (Å²) in [6.07, 6.45) is 0. The fraction of sp³-hybridized carbons (Fsp3) is 0.350. The summed E-state index contributed by atoms with van der Waals surface area (Å²) in [4.78, 5) is 14.2. The lowest BCUT2D eigenvalue weighted by atomic mass is 10.1. The molecule has 2 aromatic rings. The van der Waals surface area contributed by atoms with E-state index >= 15 is 0 Å². The number of carbonyl (C=O) groups is 1. The number of hydrogen-bond donors (Lipinski definition) is 1. The molecule has 0 radical (unpaired) electrons. The van der Waals surface area contributed by atoms with E-state index in [4.69, 9.17) is 37.4 Å². The molecule has 6 nitrogen and oxygen atoms in total. The maximum absolute atomic E-state index is 12.3. The highest BCUT2D eigenvalue weighted by atomic mass is 35.5. The number of halogens is 2. The molecule has 152 valence electrons. The molecule has 0 aliphatic carbocycles. The summed E-state index contributed by atoms with van der Waals surface area (Å²) in [6, 6.07) is 8.95. The van der Waals surface area contributed by atoms with Crippen LogP contribution in [0.25, 0.3) is 0 Å². The van der Waals surface area contributed by atoms with E-state index in [9.17, 15) is 4.79 Å². The highest BCUT2D eigenvalue weighted by Crippen LogP contribution is 2.34. The molecule has 0 bridgehead atoms. The van der Waals surface area contributed by atoms with Gasteiger partial charge in [0.1, 0.15) is 5.75 Å². The molecule has 0 saturated heterocycles. The van der Waals surface area contributed by atoms with Crippen LogP contribution >= 0.6 is 23.2 Å². The number of rotatable bonds is 9. The lowest BCUT2D eigenvalue weighted by Gasteiger charge is -2.18. The van der Waals surface area contributed by atoms with Crippen molar-refractivity contribution in [2.24, 2.45) is 0 Å². The highest BCUT2D eigenvalue weighted by molar-refractivity contribution is 6.42. The average molecular weight is 427 g/mol. The van der Waals surface area contributed by atoms with Gasteiger partial charge in [-0.05, 0) is 30.8 Å². The fourth-order valence-electron chi connectivity index (χ4n) is 2.73. The SMILES string of the molecule is COc1cc(OC)c(OC)cc1CNC(=O)CN(C)Cc1ccc(Cl)c(Cl)c1. The van der Waals surface area contributed by atoms with E-state index in [1.54, 1.807) is 45.6 Å². The maximum Gasteiger partial charge on any atom is 0.234 e. The van der Waals surface area contributed by atoms with Gasteiger partial charge in [-0.15, -0.1) is 0 Å². The molecular weight excluding hydrogens is 403 g/mol. The molecule has 0 heterocycles. The van der Waals surface area contributed by atoms with E-state index in [-0.39, 0.29) is 12.5 Å². The Kier molecular flexibility index (Phi) is 8.23. The van der Waals surface area contributed by atoms with Gasteiger partial charge >= 0.3 is 0 Å². The minimum absolute atomic E-state index is 0.112. The van der Waals surface area contributed by atoms with Crippen molar-refractivity contribution in [1.29, 1.82) is 0 Å². The highest BCUT2D eigenvalue weighted by Gasteiger charge is 2.14. The van der Waals surface area contributed by atoms with Crippen LogP contribution in [0.1, 0.15) is 11.1 Å². The molecule has 0 spiro atoms. The topological polar surface area (TPSA) is 60.0 Å². The van der Waals surface area contributed by atoms with Crippen LogP contribution in [0, 0.1) is 0 Å². The number of carbonyl (C=O) groups excluding carboxylic acids is 1. The molecule has 28 heavy (non-hydrogen) atoms. The van der Waals surface area contributed by atoms with Gasteiger partial charge < -0.3 is 19.5 Å². The Hall–Kier alpha value is -2.15. The van der Waals surface area contributed by atoms with Gasteiger partial charge in [-0.1, -0.05) is 29.3 Å². The lowest BCUT2D eigenvalue weighted by Crippen LogP contribution is -2.34. The van der Waals surface area contributed by atoms with Crippen LogP contribution in [0.5, 0.6) is 17.2 Å². The second-order valence-electron chi connectivity index (χ2n) is 6.22. The number of likely N-dealkylation sites (N-methyl/N-ethyl adjacent to an activating group) is 1. The molecule has 0 saturated carbocycles. The molecule has 2 rings (SSSR count). The molecule has 0 aliphatic heterocycles. The largest absolute Gasteiger partial charge is 0.496 e. The molecule has 0 aromatic heterocycles. The van der Waals surface area contributed by atoms with Crippen LogP contribution in [0.4, 0.5) is 0 Å². The summed E-state index contributed by atoms with van der Waals surface area (Å²) in [5.41, 5.74) is 1.77. The Labute approximate surface area is 175 Å². The number of ether oxygens (including phenoxy) is 3. The van der Waals surface area contributed by atoms with Gasteiger partial charge in [0.25, 0.3) is 0 Å². The summed E-state index contributed by atoms with van der Waals surface area (Å²) in [5, 5.41) is 3.90. The monoisotopic (exact) mass is 426 g/mol. The predicted octanol–water partition coefficient (Wildman–Crippen LogP) is 3.77. The van der Waals surface area contributed by atoms with Crippen molar-refractivity contribution in [3.63, 3.8) is 0 Å².